The summed E-state index contributed by atoms with van der Waals surface area (Å²) in [6.45, 7) is 1.64. The lowest BCUT2D eigenvalue weighted by Crippen LogP contribution is -3.05. The molecule has 0 spiro atoms. The molecule has 5 heteroatoms. The highest BCUT2D eigenvalue weighted by Gasteiger charge is 2.02. The zero-order valence-corrected chi connectivity index (χ0v) is 12.7. The fourth-order valence-electron chi connectivity index (χ4n) is 1.55. The van der Waals surface area contributed by atoms with Crippen molar-refractivity contribution < 1.29 is 19.5 Å². The third kappa shape index (κ3) is 6.40. The summed E-state index contributed by atoms with van der Waals surface area (Å²) in [5.41, 5.74) is 0.718. The summed E-state index contributed by atoms with van der Waals surface area (Å²) < 4.78 is 6.55. The van der Waals surface area contributed by atoms with E-state index in [9.17, 15) is 9.90 Å². The highest BCUT2D eigenvalue weighted by Crippen LogP contribution is 2.24. The highest BCUT2D eigenvalue weighted by atomic mass is 79.9. The van der Waals surface area contributed by atoms with E-state index in [1.165, 1.54) is 11.0 Å². The van der Waals surface area contributed by atoms with Crippen LogP contribution in [0.2, 0.25) is 0 Å². The second kappa shape index (κ2) is 7.96. The second-order valence-corrected chi connectivity index (χ2v) is 5.41. The van der Waals surface area contributed by atoms with Gasteiger partial charge in [-0.1, -0.05) is 15.9 Å². The van der Waals surface area contributed by atoms with Crippen LogP contribution in [0, 0.1) is 0 Å². The third-order valence-corrected chi connectivity index (χ3v) is 2.94. The van der Waals surface area contributed by atoms with Crippen LogP contribution in [0.3, 0.4) is 0 Å². The summed E-state index contributed by atoms with van der Waals surface area (Å²) in [5.74, 6) is -0.545. The zero-order chi connectivity index (χ0) is 14.3. The van der Waals surface area contributed by atoms with Crippen molar-refractivity contribution in [3.05, 3.63) is 34.3 Å². The SMILES string of the molecule is C[NH+](C)CCCOc1ccc(Br)cc1/C=C/C(=O)[O-]. The summed E-state index contributed by atoms with van der Waals surface area (Å²) in [7, 11) is 4.18. The number of hydrogen-bond donors (Lipinski definition) is 1. The van der Waals surface area contributed by atoms with Crippen LogP contribution < -0.4 is 14.7 Å². The van der Waals surface area contributed by atoms with Crippen molar-refractivity contribution in [3.8, 4) is 5.75 Å². The lowest BCUT2D eigenvalue weighted by molar-refractivity contribution is -0.858. The van der Waals surface area contributed by atoms with Gasteiger partial charge in [0.1, 0.15) is 5.75 Å². The molecule has 19 heavy (non-hydrogen) atoms. The maximum absolute atomic E-state index is 10.5. The molecule has 1 N–H and O–H groups in total. The van der Waals surface area contributed by atoms with Crippen LogP contribution in [-0.2, 0) is 4.79 Å². The number of halogens is 1. The van der Waals surface area contributed by atoms with Crippen molar-refractivity contribution in [2.75, 3.05) is 27.2 Å². The monoisotopic (exact) mass is 327 g/mol. The first-order valence-electron chi connectivity index (χ1n) is 6.09. The molecular formula is C14H18BrNO3. The Hall–Kier alpha value is -1.33. The summed E-state index contributed by atoms with van der Waals surface area (Å²) in [6, 6.07) is 5.50. The number of benzene rings is 1. The van der Waals surface area contributed by atoms with Gasteiger partial charge < -0.3 is 19.5 Å². The molecule has 0 radical (unpaired) electrons. The number of quaternary nitrogens is 1. The van der Waals surface area contributed by atoms with Gasteiger partial charge >= 0.3 is 0 Å². The summed E-state index contributed by atoms with van der Waals surface area (Å²) in [5, 5.41) is 10.5. The van der Waals surface area contributed by atoms with Crippen LogP contribution in [0.5, 0.6) is 5.75 Å². The fraction of sp³-hybridized carbons (Fsp3) is 0.357. The molecule has 0 atom stereocenters. The molecule has 0 fully saturated rings. The predicted octanol–water partition coefficient (Wildman–Crippen LogP) is 0.126. The molecule has 1 aromatic carbocycles. The van der Waals surface area contributed by atoms with Gasteiger partial charge in [0, 0.05) is 16.5 Å². The van der Waals surface area contributed by atoms with E-state index in [2.05, 4.69) is 30.0 Å². The van der Waals surface area contributed by atoms with Gasteiger partial charge in [-0.25, -0.2) is 0 Å². The number of aliphatic carboxylic acids is 1. The molecule has 0 aromatic heterocycles. The van der Waals surface area contributed by atoms with E-state index in [0.717, 1.165) is 29.1 Å². The van der Waals surface area contributed by atoms with Crippen molar-refractivity contribution in [2.24, 2.45) is 0 Å². The van der Waals surface area contributed by atoms with Gasteiger partial charge in [0.15, 0.2) is 0 Å². The van der Waals surface area contributed by atoms with Crippen molar-refractivity contribution in [2.45, 2.75) is 6.42 Å². The molecule has 0 aliphatic carbocycles. The topological polar surface area (TPSA) is 53.8 Å². The minimum absolute atomic E-state index is 0.610. The molecule has 0 amide bonds. The Morgan fingerprint density at radius 1 is 1.47 bits per heavy atom. The Balaban J connectivity index is 2.68. The summed E-state index contributed by atoms with van der Waals surface area (Å²) in [4.78, 5) is 11.8. The number of hydrogen-bond acceptors (Lipinski definition) is 3. The van der Waals surface area contributed by atoms with E-state index < -0.39 is 5.97 Å². The van der Waals surface area contributed by atoms with Crippen LogP contribution >= 0.6 is 15.9 Å². The van der Waals surface area contributed by atoms with Crippen molar-refractivity contribution in [3.63, 3.8) is 0 Å². The van der Waals surface area contributed by atoms with E-state index in [1.54, 1.807) is 0 Å². The van der Waals surface area contributed by atoms with Gasteiger partial charge in [0.05, 0.1) is 33.2 Å². The number of nitrogens with one attached hydrogen (secondary N) is 1. The standard InChI is InChI=1S/C14H18BrNO3/c1-16(2)8-3-9-19-13-6-5-12(15)10-11(13)4-7-14(17)18/h4-7,10H,3,8-9H2,1-2H3,(H,17,18)/b7-4+. The maximum atomic E-state index is 10.5. The maximum Gasteiger partial charge on any atom is 0.126 e. The average molecular weight is 328 g/mol. The number of carbonyl (C=O) groups is 1. The van der Waals surface area contributed by atoms with Gasteiger partial charge in [-0.3, -0.25) is 0 Å². The van der Waals surface area contributed by atoms with E-state index >= 15 is 0 Å². The minimum atomic E-state index is -1.22. The molecule has 0 saturated heterocycles. The van der Waals surface area contributed by atoms with Crippen LogP contribution in [-0.4, -0.2) is 33.2 Å². The van der Waals surface area contributed by atoms with Gasteiger partial charge in [0.2, 0.25) is 0 Å². The molecule has 1 aromatic rings. The number of ether oxygens (including phenoxy) is 1. The first kappa shape index (κ1) is 15.7. The minimum Gasteiger partial charge on any atom is -0.545 e. The third-order valence-electron chi connectivity index (χ3n) is 2.45. The molecular weight excluding hydrogens is 310 g/mol. The molecule has 0 bridgehead atoms. The molecule has 0 aliphatic rings. The zero-order valence-electron chi connectivity index (χ0n) is 11.1. The predicted molar refractivity (Wildman–Crippen MR) is 76.0 cm³/mol. The Morgan fingerprint density at radius 3 is 2.84 bits per heavy atom. The van der Waals surface area contributed by atoms with Crippen LogP contribution in [0.1, 0.15) is 12.0 Å². The van der Waals surface area contributed by atoms with E-state index in [0.29, 0.717) is 12.4 Å². The largest absolute Gasteiger partial charge is 0.545 e. The van der Waals surface area contributed by atoms with Crippen molar-refractivity contribution >= 4 is 28.0 Å². The lowest BCUT2D eigenvalue weighted by Gasteiger charge is -2.11. The van der Waals surface area contributed by atoms with Crippen LogP contribution in [0.4, 0.5) is 0 Å². The van der Waals surface area contributed by atoms with Crippen molar-refractivity contribution in [1.82, 2.24) is 0 Å². The smallest absolute Gasteiger partial charge is 0.126 e. The number of carbonyl (C=O) groups excluding carboxylic acids is 1. The van der Waals surface area contributed by atoms with Crippen LogP contribution in [0.25, 0.3) is 6.08 Å². The quantitative estimate of drug-likeness (QED) is 0.572. The molecule has 0 unspecified atom stereocenters. The first-order chi connectivity index (χ1) is 8.99. The summed E-state index contributed by atoms with van der Waals surface area (Å²) >= 11 is 3.35. The lowest BCUT2D eigenvalue weighted by atomic mass is 10.2. The number of carboxylic acids is 1. The molecule has 0 heterocycles. The Bertz CT molecular complexity index is 458. The molecule has 1 rings (SSSR count). The summed E-state index contributed by atoms with van der Waals surface area (Å²) in [6.07, 6.45) is 3.42. The van der Waals surface area contributed by atoms with Gasteiger partial charge in [0.25, 0.3) is 0 Å². The molecule has 4 nitrogen and oxygen atoms in total. The Labute approximate surface area is 121 Å². The number of rotatable bonds is 7. The second-order valence-electron chi connectivity index (χ2n) is 4.49. The van der Waals surface area contributed by atoms with E-state index in [1.807, 2.05) is 18.2 Å². The van der Waals surface area contributed by atoms with E-state index in [-0.39, 0.29) is 0 Å². The van der Waals surface area contributed by atoms with E-state index in [4.69, 9.17) is 4.74 Å². The first-order valence-corrected chi connectivity index (χ1v) is 6.89. The molecule has 0 aliphatic heterocycles. The molecule has 104 valence electrons. The highest BCUT2D eigenvalue weighted by molar-refractivity contribution is 9.10. The Kier molecular flexibility index (Phi) is 6.59. The average Bonchev–Trinajstić information content (AvgIpc) is 2.33. The van der Waals surface area contributed by atoms with Gasteiger partial charge in [-0.2, -0.15) is 0 Å². The Morgan fingerprint density at radius 2 is 2.21 bits per heavy atom. The normalized spacial score (nSPS) is 11.2. The fourth-order valence-corrected chi connectivity index (χ4v) is 1.93. The molecule has 0 saturated carbocycles. The van der Waals surface area contributed by atoms with Gasteiger partial charge in [-0.15, -0.1) is 0 Å². The van der Waals surface area contributed by atoms with Crippen molar-refractivity contribution in [1.29, 1.82) is 0 Å². The van der Waals surface area contributed by atoms with Gasteiger partial charge in [-0.05, 0) is 30.4 Å². The number of carboxylic acid groups (broad SMARTS) is 1. The van der Waals surface area contributed by atoms with Crippen LogP contribution in [0.15, 0.2) is 28.7 Å².